The average molecular weight is 495 g/mol. The van der Waals surface area contributed by atoms with Crippen molar-refractivity contribution >= 4 is 38.3 Å². The van der Waals surface area contributed by atoms with Crippen molar-refractivity contribution in [2.45, 2.75) is 44.8 Å². The van der Waals surface area contributed by atoms with Crippen LogP contribution in [-0.2, 0) is 51.1 Å². The Morgan fingerprint density at radius 3 is 2.62 bits per heavy atom. The van der Waals surface area contributed by atoms with Crippen LogP contribution in [0.2, 0.25) is 0 Å². The van der Waals surface area contributed by atoms with E-state index in [0.29, 0.717) is 6.42 Å². The van der Waals surface area contributed by atoms with Gasteiger partial charge in [-0.25, -0.2) is 0 Å². The van der Waals surface area contributed by atoms with E-state index in [4.69, 9.17) is 5.73 Å². The molecule has 0 saturated heterocycles. The van der Waals surface area contributed by atoms with Crippen LogP contribution in [0.4, 0.5) is 18.2 Å². The molecule has 0 fully saturated rings. The van der Waals surface area contributed by atoms with Gasteiger partial charge in [0, 0.05) is 23.1 Å². The number of halogens is 3. The number of primary amides is 1. The quantitative estimate of drug-likeness (QED) is 0.540. The Kier molecular flexibility index (Phi) is 6.95. The number of nitrogens with one attached hydrogen (secondary N) is 1. The maximum atomic E-state index is 13.3. The smallest absolute Gasteiger partial charge is 0.365 e. The number of nitrogens with two attached hydrogens (primary N) is 1. The molecule has 0 aliphatic heterocycles. The number of hydrogen-bond donors (Lipinski definition) is 2. The predicted octanol–water partition coefficient (Wildman–Crippen LogP) is 2.10. The molecule has 1 aliphatic carbocycles. The lowest BCUT2D eigenvalue weighted by molar-refractivity contribution is -0.142. The normalized spacial score (nSPS) is 14.2. The van der Waals surface area contributed by atoms with Gasteiger partial charge in [-0.05, 0) is 31.2 Å². The van der Waals surface area contributed by atoms with Crippen molar-refractivity contribution < 1.29 is 35.4 Å². The van der Waals surface area contributed by atoms with Gasteiger partial charge in [0.2, 0.25) is 5.91 Å². The summed E-state index contributed by atoms with van der Waals surface area (Å²) in [4.78, 5) is 25.4. The van der Waals surface area contributed by atoms with Crippen molar-refractivity contribution in [3.8, 4) is 0 Å². The zero-order chi connectivity index (χ0) is 23.7. The number of carbonyl (C=O) groups is 2. The SMILES string of the molecule is CS(=O)(=O)OCCc1cn(CC(=O)Nc2sc3c(c2C(N)=O)CCCC3)nc1C(F)(F)F. The monoisotopic (exact) mass is 494 g/mol. The van der Waals surface area contributed by atoms with Crippen LogP contribution in [0.3, 0.4) is 0 Å². The van der Waals surface area contributed by atoms with Crippen LogP contribution in [-0.4, -0.2) is 42.9 Å². The number of aryl methyl sites for hydroxylation is 1. The third-order valence-electron chi connectivity index (χ3n) is 4.75. The molecule has 0 bridgehead atoms. The molecule has 1 aliphatic rings. The molecule has 0 aromatic carbocycles. The largest absolute Gasteiger partial charge is 0.435 e. The molecule has 0 atom stereocenters. The number of rotatable bonds is 8. The summed E-state index contributed by atoms with van der Waals surface area (Å²) in [5.41, 5.74) is 5.00. The van der Waals surface area contributed by atoms with Crippen molar-refractivity contribution in [1.29, 1.82) is 0 Å². The number of thiophene rings is 1. The highest BCUT2D eigenvalue weighted by Crippen LogP contribution is 2.38. The number of nitrogens with zero attached hydrogens (tertiary/aromatic N) is 2. The van der Waals surface area contributed by atoms with Crippen molar-refractivity contribution in [1.82, 2.24) is 9.78 Å². The summed E-state index contributed by atoms with van der Waals surface area (Å²) in [6.45, 7) is -1.04. The highest BCUT2D eigenvalue weighted by atomic mass is 32.2. The van der Waals surface area contributed by atoms with Gasteiger partial charge in [0.15, 0.2) is 5.69 Å². The zero-order valence-corrected chi connectivity index (χ0v) is 18.6. The molecular formula is C18H21F3N4O5S2. The van der Waals surface area contributed by atoms with Gasteiger partial charge >= 0.3 is 6.18 Å². The van der Waals surface area contributed by atoms with Crippen molar-refractivity contribution in [3.05, 3.63) is 33.5 Å². The lowest BCUT2D eigenvalue weighted by Crippen LogP contribution is -2.22. The van der Waals surface area contributed by atoms with Crippen molar-refractivity contribution in [2.24, 2.45) is 5.73 Å². The van der Waals surface area contributed by atoms with Crippen LogP contribution in [0.5, 0.6) is 0 Å². The number of amides is 2. The van der Waals surface area contributed by atoms with Crippen LogP contribution in [0.1, 0.15) is 44.9 Å². The van der Waals surface area contributed by atoms with Crippen LogP contribution in [0.25, 0.3) is 0 Å². The molecule has 0 saturated carbocycles. The molecule has 0 spiro atoms. The molecule has 2 heterocycles. The summed E-state index contributed by atoms with van der Waals surface area (Å²) in [5.74, 6) is -1.35. The molecule has 0 unspecified atom stereocenters. The van der Waals surface area contributed by atoms with E-state index in [1.54, 1.807) is 0 Å². The minimum absolute atomic E-state index is 0.244. The number of alkyl halides is 3. The molecule has 2 aromatic rings. The molecule has 2 aromatic heterocycles. The topological polar surface area (TPSA) is 133 Å². The van der Waals surface area contributed by atoms with Crippen molar-refractivity contribution in [3.63, 3.8) is 0 Å². The second-order valence-electron chi connectivity index (χ2n) is 7.30. The highest BCUT2D eigenvalue weighted by molar-refractivity contribution is 7.85. The second kappa shape index (κ2) is 9.19. The van der Waals surface area contributed by atoms with E-state index < -0.39 is 47.0 Å². The summed E-state index contributed by atoms with van der Waals surface area (Å²) in [6.07, 6.45) is -0.0664. The lowest BCUT2D eigenvalue weighted by atomic mass is 9.95. The van der Waals surface area contributed by atoms with Gasteiger partial charge < -0.3 is 11.1 Å². The van der Waals surface area contributed by atoms with Crippen molar-refractivity contribution in [2.75, 3.05) is 18.2 Å². The zero-order valence-electron chi connectivity index (χ0n) is 17.0. The van der Waals surface area contributed by atoms with Gasteiger partial charge in [0.1, 0.15) is 11.5 Å². The Hall–Kier alpha value is -2.45. The first kappa shape index (κ1) is 24.2. The molecule has 3 N–H and O–H groups in total. The predicted molar refractivity (Wildman–Crippen MR) is 110 cm³/mol. The maximum absolute atomic E-state index is 13.3. The summed E-state index contributed by atoms with van der Waals surface area (Å²) in [5, 5.41) is 6.28. The van der Waals surface area contributed by atoms with Crippen LogP contribution >= 0.6 is 11.3 Å². The average Bonchev–Trinajstić information content (AvgIpc) is 3.21. The minimum atomic E-state index is -4.80. The molecule has 2 amide bonds. The number of fused-ring (bicyclic) bond motifs is 1. The Bertz CT molecular complexity index is 1140. The summed E-state index contributed by atoms with van der Waals surface area (Å²) in [7, 11) is -3.81. The minimum Gasteiger partial charge on any atom is -0.365 e. The molecule has 9 nitrogen and oxygen atoms in total. The molecule has 176 valence electrons. The molecular weight excluding hydrogens is 473 g/mol. The second-order valence-corrected chi connectivity index (χ2v) is 10.1. The fourth-order valence-corrected chi connectivity index (χ4v) is 5.19. The van der Waals surface area contributed by atoms with Gasteiger partial charge in [-0.2, -0.15) is 26.7 Å². The molecule has 14 heteroatoms. The summed E-state index contributed by atoms with van der Waals surface area (Å²) in [6, 6.07) is 0. The maximum Gasteiger partial charge on any atom is 0.435 e. The third-order valence-corrected chi connectivity index (χ3v) is 6.55. The van der Waals surface area contributed by atoms with E-state index >= 15 is 0 Å². The third kappa shape index (κ3) is 5.86. The summed E-state index contributed by atoms with van der Waals surface area (Å²) >= 11 is 1.24. The lowest BCUT2D eigenvalue weighted by Gasteiger charge is -2.11. The molecule has 3 rings (SSSR count). The van der Waals surface area contributed by atoms with Gasteiger partial charge in [-0.15, -0.1) is 11.3 Å². The fourth-order valence-electron chi connectivity index (χ4n) is 3.50. The number of anilines is 1. The van der Waals surface area contributed by atoms with Gasteiger partial charge in [-0.3, -0.25) is 18.5 Å². The first-order valence-electron chi connectivity index (χ1n) is 9.57. The van der Waals surface area contributed by atoms with E-state index in [0.717, 1.165) is 46.8 Å². The first-order chi connectivity index (χ1) is 14.8. The van der Waals surface area contributed by atoms with E-state index in [-0.39, 0.29) is 22.5 Å². The van der Waals surface area contributed by atoms with E-state index in [9.17, 15) is 31.2 Å². The number of hydrogen-bond acceptors (Lipinski definition) is 7. The van der Waals surface area contributed by atoms with Crippen LogP contribution < -0.4 is 11.1 Å². The van der Waals surface area contributed by atoms with Crippen LogP contribution in [0, 0.1) is 0 Å². The van der Waals surface area contributed by atoms with E-state index in [1.165, 1.54) is 11.3 Å². The Morgan fingerprint density at radius 1 is 1.31 bits per heavy atom. The van der Waals surface area contributed by atoms with Crippen LogP contribution in [0.15, 0.2) is 6.20 Å². The van der Waals surface area contributed by atoms with Gasteiger partial charge in [-0.1, -0.05) is 0 Å². The Labute approximate surface area is 185 Å². The molecule has 0 radical (unpaired) electrons. The number of aromatic nitrogens is 2. The first-order valence-corrected chi connectivity index (χ1v) is 12.2. The molecule has 32 heavy (non-hydrogen) atoms. The highest BCUT2D eigenvalue weighted by Gasteiger charge is 2.37. The fraction of sp³-hybridized carbons (Fsp3) is 0.500. The number of carbonyl (C=O) groups excluding carboxylic acids is 2. The van der Waals surface area contributed by atoms with Gasteiger partial charge in [0.05, 0.1) is 18.4 Å². The summed E-state index contributed by atoms with van der Waals surface area (Å²) < 4.78 is 67.2. The Balaban J connectivity index is 1.76. The Morgan fingerprint density at radius 2 is 2.00 bits per heavy atom. The van der Waals surface area contributed by atoms with Gasteiger partial charge in [0.25, 0.3) is 16.0 Å². The van der Waals surface area contributed by atoms with E-state index in [2.05, 4.69) is 14.6 Å². The van der Waals surface area contributed by atoms with E-state index in [1.807, 2.05) is 0 Å². The standard InChI is InChI=1S/C18H21F3N4O5S2/c1-32(28,29)30-7-6-10-8-25(24-15(10)18(19,20)21)9-13(26)23-17-14(16(22)27)11-4-2-3-5-12(11)31-17/h8H,2-7,9H2,1H3,(H2,22,27)(H,23,26).